The number of nitrogens with one attached hydrogen (secondary N) is 1. The van der Waals surface area contributed by atoms with Gasteiger partial charge in [0.25, 0.3) is 0 Å². The van der Waals surface area contributed by atoms with Crippen LogP contribution in [0.2, 0.25) is 0 Å². The van der Waals surface area contributed by atoms with Crippen LogP contribution >= 0.6 is 0 Å². The van der Waals surface area contributed by atoms with Gasteiger partial charge in [0.1, 0.15) is 5.75 Å². The molecule has 1 aromatic rings. The Hall–Kier alpha value is -1.75. The summed E-state index contributed by atoms with van der Waals surface area (Å²) in [6.07, 6.45) is 0.959. The van der Waals surface area contributed by atoms with E-state index in [-0.39, 0.29) is 11.9 Å². The van der Waals surface area contributed by atoms with Crippen molar-refractivity contribution in [3.05, 3.63) is 24.3 Å². The molecule has 5 heteroatoms. The molecule has 1 aromatic carbocycles. The van der Waals surface area contributed by atoms with Gasteiger partial charge in [-0.05, 0) is 37.6 Å². The summed E-state index contributed by atoms with van der Waals surface area (Å²) in [6, 6.07) is 7.53. The molecule has 0 aliphatic carbocycles. The minimum atomic E-state index is 0.113. The SMILES string of the molecule is CC[C@H](C)NC(=O)CN1CCN(c2ccc(O)cc2)CC1. The summed E-state index contributed by atoms with van der Waals surface area (Å²) in [6.45, 7) is 8.15. The van der Waals surface area contributed by atoms with Gasteiger partial charge in [0, 0.05) is 37.9 Å². The summed E-state index contributed by atoms with van der Waals surface area (Å²) < 4.78 is 0. The lowest BCUT2D eigenvalue weighted by Crippen LogP contribution is -2.50. The van der Waals surface area contributed by atoms with E-state index in [1.54, 1.807) is 12.1 Å². The van der Waals surface area contributed by atoms with Crippen molar-refractivity contribution in [2.24, 2.45) is 0 Å². The van der Waals surface area contributed by atoms with E-state index in [0.29, 0.717) is 12.3 Å². The molecule has 1 aliphatic rings. The molecular formula is C16H25N3O2. The van der Waals surface area contributed by atoms with E-state index in [1.807, 2.05) is 19.1 Å². The first kappa shape index (κ1) is 15.6. The summed E-state index contributed by atoms with van der Waals surface area (Å²) in [5.41, 5.74) is 1.12. The maximum atomic E-state index is 11.9. The summed E-state index contributed by atoms with van der Waals surface area (Å²) in [4.78, 5) is 16.3. The highest BCUT2D eigenvalue weighted by Crippen LogP contribution is 2.19. The third kappa shape index (κ3) is 4.63. The standard InChI is InChI=1S/C16H25N3O2/c1-3-13(2)17-16(21)12-18-8-10-19(11-9-18)14-4-6-15(20)7-5-14/h4-7,13,20H,3,8-12H2,1-2H3,(H,17,21)/t13-/m0/s1. The van der Waals surface area contributed by atoms with Crippen LogP contribution < -0.4 is 10.2 Å². The molecule has 1 atom stereocenters. The average molecular weight is 291 g/mol. The van der Waals surface area contributed by atoms with Crippen molar-refractivity contribution in [2.45, 2.75) is 26.3 Å². The van der Waals surface area contributed by atoms with E-state index >= 15 is 0 Å². The third-order valence-electron chi connectivity index (χ3n) is 3.97. The quantitative estimate of drug-likeness (QED) is 0.862. The van der Waals surface area contributed by atoms with Crippen molar-refractivity contribution >= 4 is 11.6 Å². The lowest BCUT2D eigenvalue weighted by molar-refractivity contribution is -0.122. The molecule has 21 heavy (non-hydrogen) atoms. The number of aromatic hydroxyl groups is 1. The maximum Gasteiger partial charge on any atom is 0.234 e. The number of nitrogens with zero attached hydrogens (tertiary/aromatic N) is 2. The Morgan fingerprint density at radius 2 is 1.86 bits per heavy atom. The summed E-state index contributed by atoms with van der Waals surface area (Å²) in [7, 11) is 0. The Bertz CT molecular complexity index is 453. The van der Waals surface area contributed by atoms with Crippen molar-refractivity contribution in [1.82, 2.24) is 10.2 Å². The molecule has 0 radical (unpaired) electrons. The molecule has 0 spiro atoms. The van der Waals surface area contributed by atoms with Crippen LogP contribution in [-0.2, 0) is 4.79 Å². The fourth-order valence-electron chi connectivity index (χ4n) is 2.45. The van der Waals surface area contributed by atoms with Crippen molar-refractivity contribution in [3.63, 3.8) is 0 Å². The number of benzene rings is 1. The molecule has 5 nitrogen and oxygen atoms in total. The lowest BCUT2D eigenvalue weighted by Gasteiger charge is -2.35. The molecule has 116 valence electrons. The Balaban J connectivity index is 1.78. The number of carbonyl (C=O) groups is 1. The van der Waals surface area contributed by atoms with E-state index in [1.165, 1.54) is 0 Å². The Labute approximate surface area is 126 Å². The number of phenols is 1. The van der Waals surface area contributed by atoms with E-state index in [0.717, 1.165) is 38.3 Å². The molecule has 1 amide bonds. The predicted molar refractivity (Wildman–Crippen MR) is 84.7 cm³/mol. The number of amides is 1. The molecule has 1 saturated heterocycles. The zero-order chi connectivity index (χ0) is 15.2. The van der Waals surface area contributed by atoms with Crippen LogP contribution in [0.5, 0.6) is 5.75 Å². The van der Waals surface area contributed by atoms with E-state index < -0.39 is 0 Å². The number of hydrogen-bond donors (Lipinski definition) is 2. The van der Waals surface area contributed by atoms with Gasteiger partial charge < -0.3 is 15.3 Å². The average Bonchev–Trinajstić information content (AvgIpc) is 2.48. The monoisotopic (exact) mass is 291 g/mol. The van der Waals surface area contributed by atoms with Gasteiger partial charge in [-0.2, -0.15) is 0 Å². The fraction of sp³-hybridized carbons (Fsp3) is 0.562. The van der Waals surface area contributed by atoms with Crippen LogP contribution in [-0.4, -0.2) is 54.7 Å². The topological polar surface area (TPSA) is 55.8 Å². The van der Waals surface area contributed by atoms with Crippen molar-refractivity contribution in [2.75, 3.05) is 37.6 Å². The van der Waals surface area contributed by atoms with E-state index in [2.05, 4.69) is 22.0 Å². The van der Waals surface area contributed by atoms with Crippen LogP contribution in [0.25, 0.3) is 0 Å². The van der Waals surface area contributed by atoms with Crippen LogP contribution in [0, 0.1) is 0 Å². The zero-order valence-corrected chi connectivity index (χ0v) is 12.9. The zero-order valence-electron chi connectivity index (χ0n) is 12.9. The van der Waals surface area contributed by atoms with Gasteiger partial charge in [-0.1, -0.05) is 6.92 Å². The van der Waals surface area contributed by atoms with Crippen LogP contribution in [0.1, 0.15) is 20.3 Å². The molecular weight excluding hydrogens is 266 g/mol. The molecule has 0 saturated carbocycles. The molecule has 1 heterocycles. The number of carbonyl (C=O) groups excluding carboxylic acids is 1. The second-order valence-corrected chi connectivity index (χ2v) is 5.66. The largest absolute Gasteiger partial charge is 0.508 e. The van der Waals surface area contributed by atoms with E-state index in [4.69, 9.17) is 0 Å². The van der Waals surface area contributed by atoms with Gasteiger partial charge in [-0.15, -0.1) is 0 Å². The first-order valence-electron chi connectivity index (χ1n) is 7.64. The lowest BCUT2D eigenvalue weighted by atomic mass is 10.2. The molecule has 0 unspecified atom stereocenters. The molecule has 2 rings (SSSR count). The number of piperazine rings is 1. The number of anilines is 1. The van der Waals surface area contributed by atoms with Gasteiger partial charge >= 0.3 is 0 Å². The van der Waals surface area contributed by atoms with Crippen molar-refractivity contribution < 1.29 is 9.90 Å². The molecule has 2 N–H and O–H groups in total. The van der Waals surface area contributed by atoms with Crippen LogP contribution in [0.4, 0.5) is 5.69 Å². The second-order valence-electron chi connectivity index (χ2n) is 5.66. The highest BCUT2D eigenvalue weighted by Gasteiger charge is 2.19. The second kappa shape index (κ2) is 7.31. The minimum absolute atomic E-state index is 0.113. The Morgan fingerprint density at radius 3 is 2.43 bits per heavy atom. The predicted octanol–water partition coefficient (Wildman–Crippen LogP) is 1.43. The molecule has 1 fully saturated rings. The van der Waals surface area contributed by atoms with Gasteiger partial charge in [0.05, 0.1) is 6.54 Å². The first-order chi connectivity index (χ1) is 10.1. The third-order valence-corrected chi connectivity index (χ3v) is 3.97. The minimum Gasteiger partial charge on any atom is -0.508 e. The maximum absolute atomic E-state index is 11.9. The van der Waals surface area contributed by atoms with E-state index in [9.17, 15) is 9.90 Å². The summed E-state index contributed by atoms with van der Waals surface area (Å²) >= 11 is 0. The normalized spacial score (nSPS) is 17.5. The van der Waals surface area contributed by atoms with Crippen molar-refractivity contribution in [3.8, 4) is 5.75 Å². The van der Waals surface area contributed by atoms with Crippen molar-refractivity contribution in [1.29, 1.82) is 0 Å². The van der Waals surface area contributed by atoms with Crippen LogP contribution in [0.3, 0.4) is 0 Å². The fourth-order valence-corrected chi connectivity index (χ4v) is 2.45. The molecule has 1 aliphatic heterocycles. The van der Waals surface area contributed by atoms with Gasteiger partial charge in [-0.25, -0.2) is 0 Å². The van der Waals surface area contributed by atoms with Crippen LogP contribution in [0.15, 0.2) is 24.3 Å². The van der Waals surface area contributed by atoms with Gasteiger partial charge in [0.15, 0.2) is 0 Å². The summed E-state index contributed by atoms with van der Waals surface area (Å²) in [5, 5.41) is 12.3. The molecule has 0 bridgehead atoms. The van der Waals surface area contributed by atoms with Gasteiger partial charge in [0.2, 0.25) is 5.91 Å². The highest BCUT2D eigenvalue weighted by atomic mass is 16.3. The molecule has 0 aromatic heterocycles. The number of hydrogen-bond acceptors (Lipinski definition) is 4. The first-order valence-corrected chi connectivity index (χ1v) is 7.64. The number of rotatable bonds is 5. The smallest absolute Gasteiger partial charge is 0.234 e. The highest BCUT2D eigenvalue weighted by molar-refractivity contribution is 5.78. The van der Waals surface area contributed by atoms with Gasteiger partial charge in [-0.3, -0.25) is 9.69 Å². The Morgan fingerprint density at radius 1 is 1.24 bits per heavy atom. The summed E-state index contributed by atoms with van der Waals surface area (Å²) in [5.74, 6) is 0.404. The Kier molecular flexibility index (Phi) is 5.44. The number of phenolic OH excluding ortho intramolecular Hbond substituents is 1.